The third-order valence-electron chi connectivity index (χ3n) is 13.0. The monoisotopic (exact) mass is 1290 g/mol. The van der Waals surface area contributed by atoms with Gasteiger partial charge in [0.25, 0.3) is 0 Å². The van der Waals surface area contributed by atoms with Gasteiger partial charge >= 0.3 is 11.9 Å². The first-order valence-electron chi connectivity index (χ1n) is 27.4. The van der Waals surface area contributed by atoms with Crippen LogP contribution in [0.15, 0.2) is 54.7 Å². The van der Waals surface area contributed by atoms with Crippen LogP contribution >= 0.6 is 33.3 Å². The molecule has 0 saturated heterocycles. The number of phenols is 1. The van der Waals surface area contributed by atoms with Crippen molar-refractivity contribution in [3.63, 3.8) is 0 Å². The molecule has 2 aromatic carbocycles. The zero-order chi connectivity index (χ0) is 65.9. The van der Waals surface area contributed by atoms with Crippen molar-refractivity contribution in [2.45, 2.75) is 139 Å². The van der Waals surface area contributed by atoms with E-state index in [1.807, 2.05) is 0 Å². The lowest BCUT2D eigenvalue weighted by Gasteiger charge is -2.28. The van der Waals surface area contributed by atoms with Gasteiger partial charge in [-0.2, -0.15) is 11.8 Å². The van der Waals surface area contributed by atoms with E-state index < -0.39 is 169 Å². The highest BCUT2D eigenvalue weighted by atomic mass is 33.1. The van der Waals surface area contributed by atoms with Crippen molar-refractivity contribution in [1.82, 2.24) is 47.5 Å². The molecule has 11 atom stereocenters. The number of phenolic OH excluding ortho intramolecular Hbond substituents is 1. The summed E-state index contributed by atoms with van der Waals surface area (Å²) in [5, 5.41) is 59.5. The van der Waals surface area contributed by atoms with Crippen LogP contribution in [0.1, 0.15) is 70.4 Å². The molecule has 0 aliphatic carbocycles. The molecule has 0 spiro atoms. The predicted molar refractivity (Wildman–Crippen MR) is 326 cm³/mol. The van der Waals surface area contributed by atoms with Crippen molar-refractivity contribution in [2.75, 3.05) is 23.5 Å². The van der Waals surface area contributed by atoms with Gasteiger partial charge < -0.3 is 96.6 Å². The number of carbonyl (C=O) groups excluding carboxylic acids is 11. The van der Waals surface area contributed by atoms with E-state index >= 15 is 0 Å². The zero-order valence-corrected chi connectivity index (χ0v) is 51.1. The number of aliphatic hydroxyl groups excluding tert-OH is 1. The number of benzene rings is 2. The molecule has 1 heterocycles. The average Bonchev–Trinajstić information content (AvgIpc) is 3.73. The minimum Gasteiger partial charge on any atom is -0.508 e. The largest absolute Gasteiger partial charge is 0.508 e. The molecule has 5 unspecified atom stereocenters. The highest BCUT2D eigenvalue weighted by Crippen LogP contribution is 2.23. The molecular weight excluding hydrogens is 1210 g/mol. The first-order valence-corrected chi connectivity index (χ1v) is 31.3. The summed E-state index contributed by atoms with van der Waals surface area (Å²) in [6.45, 7) is 4.54. The van der Waals surface area contributed by atoms with E-state index in [2.05, 4.69) is 47.5 Å². The number of amides is 11. The first-order chi connectivity index (χ1) is 41.4. The number of primary amides is 3. The second-order valence-corrected chi connectivity index (χ2v) is 24.3. The Morgan fingerprint density at radius 1 is 0.534 bits per heavy atom. The van der Waals surface area contributed by atoms with E-state index in [9.17, 15) is 77.6 Å². The normalized spacial score (nSPS) is 15.0. The van der Waals surface area contributed by atoms with Gasteiger partial charge in [0.1, 0.15) is 60.1 Å². The van der Waals surface area contributed by atoms with Gasteiger partial charge in [-0.15, -0.1) is 0 Å². The summed E-state index contributed by atoms with van der Waals surface area (Å²) >= 11 is 1.23. The number of rotatable bonds is 40. The number of aliphatic hydroxyl groups is 1. The molecule has 34 heteroatoms. The topological polar surface area (TPSA) is 545 Å². The lowest BCUT2D eigenvalue weighted by atomic mass is 10.0. The van der Waals surface area contributed by atoms with E-state index in [0.717, 1.165) is 28.5 Å². The molecule has 0 aliphatic rings. The lowest BCUT2D eigenvalue weighted by Crippen LogP contribution is -2.62. The number of aromatic hydroxyl groups is 1. The van der Waals surface area contributed by atoms with Crippen LogP contribution in [0.5, 0.6) is 5.75 Å². The van der Waals surface area contributed by atoms with Gasteiger partial charge in [0.2, 0.25) is 65.0 Å². The van der Waals surface area contributed by atoms with Crippen molar-refractivity contribution in [2.24, 2.45) is 34.6 Å². The van der Waals surface area contributed by atoms with E-state index in [4.69, 9.17) is 33.8 Å². The number of aromatic nitrogens is 1. The van der Waals surface area contributed by atoms with Crippen molar-refractivity contribution < 1.29 is 82.8 Å². The van der Waals surface area contributed by atoms with Gasteiger partial charge in [-0.3, -0.25) is 57.5 Å². The molecule has 3 aromatic rings. The van der Waals surface area contributed by atoms with E-state index in [-0.39, 0.29) is 54.6 Å². The first kappa shape index (κ1) is 74.1. The number of hydrogen-bond acceptors (Lipinski definition) is 20. The van der Waals surface area contributed by atoms with Crippen LogP contribution < -0.4 is 71.2 Å². The summed E-state index contributed by atoms with van der Waals surface area (Å²) < 4.78 is 0. The summed E-state index contributed by atoms with van der Waals surface area (Å²) in [5.74, 6) is -14.8. The third-order valence-corrected chi connectivity index (χ3v) is 16.1. The maximum absolute atomic E-state index is 14.6. The van der Waals surface area contributed by atoms with E-state index in [0.29, 0.717) is 22.0 Å². The molecule has 1 aromatic heterocycles. The second kappa shape index (κ2) is 36.8. The van der Waals surface area contributed by atoms with Crippen molar-refractivity contribution >= 4 is 121 Å². The predicted octanol–water partition coefficient (Wildman–Crippen LogP) is -4.06. The van der Waals surface area contributed by atoms with Gasteiger partial charge in [-0.1, -0.05) is 65.8 Å². The highest BCUT2D eigenvalue weighted by molar-refractivity contribution is 8.76. The molecule has 88 heavy (non-hydrogen) atoms. The molecule has 31 nitrogen and oxygen atoms in total. The minimum atomic E-state index is -1.95. The number of fused-ring (bicyclic) bond motifs is 1. The second-order valence-electron chi connectivity index (χ2n) is 20.8. The Bertz CT molecular complexity index is 2950. The Morgan fingerprint density at radius 2 is 1.00 bits per heavy atom. The molecule has 11 amide bonds. The van der Waals surface area contributed by atoms with Crippen LogP contribution in [0.4, 0.5) is 0 Å². The maximum atomic E-state index is 14.6. The van der Waals surface area contributed by atoms with Gasteiger partial charge in [0.05, 0.1) is 25.0 Å². The van der Waals surface area contributed by atoms with Crippen molar-refractivity contribution in [1.29, 1.82) is 0 Å². The van der Waals surface area contributed by atoms with Crippen LogP contribution in [0, 0.1) is 5.92 Å². The number of carboxylic acid groups (broad SMARTS) is 2. The maximum Gasteiger partial charge on any atom is 0.326 e. The number of para-hydroxylation sites is 1. The molecular formula is C54H78N14O17S3. The number of carboxylic acids is 2. The smallest absolute Gasteiger partial charge is 0.326 e. The molecule has 484 valence electrons. The SMILES string of the molecule is CSCCC(NC(=O)[C@H](CCC(N)=O)NC(=O)C(CC(N)=O)NC(=O)[C@H](Cc1c[nH]c2ccccc12)NC(=O)[C@@H](NC(=O)[C@H](Cc1ccc(O)cc1)NC(=O)C(N)CSSCC(N)C(=O)O)[C@@H](C)O)C(=O)N[C@@H](CC(N)=O)C(=O)NC(CC(C)C)C(=O)O. The fraction of sp³-hybridized carbons (Fsp3) is 0.500. The van der Waals surface area contributed by atoms with Gasteiger partial charge in [0, 0.05) is 47.9 Å². The van der Waals surface area contributed by atoms with Crippen molar-refractivity contribution in [3.8, 4) is 5.75 Å². The van der Waals surface area contributed by atoms with Crippen LogP contribution in [0.3, 0.4) is 0 Å². The number of thioether (sulfide) groups is 1. The summed E-state index contributed by atoms with van der Waals surface area (Å²) in [4.78, 5) is 175. The zero-order valence-electron chi connectivity index (χ0n) is 48.6. The number of aromatic amines is 1. The van der Waals surface area contributed by atoms with Crippen LogP contribution in [-0.4, -0.2) is 192 Å². The summed E-state index contributed by atoms with van der Waals surface area (Å²) in [6, 6.07) is -3.62. The Hall–Kier alpha value is -8.18. The Kier molecular flexibility index (Phi) is 31.0. The lowest BCUT2D eigenvalue weighted by molar-refractivity contribution is -0.143. The molecule has 0 radical (unpaired) electrons. The molecule has 3 rings (SSSR count). The van der Waals surface area contributed by atoms with Crippen LogP contribution in [0.25, 0.3) is 10.9 Å². The quantitative estimate of drug-likeness (QED) is 0.0190. The van der Waals surface area contributed by atoms with Gasteiger partial charge in [-0.25, -0.2) is 4.79 Å². The summed E-state index contributed by atoms with van der Waals surface area (Å²) in [5.41, 5.74) is 29.5. The summed E-state index contributed by atoms with van der Waals surface area (Å²) in [7, 11) is 2.09. The van der Waals surface area contributed by atoms with Gasteiger partial charge in [0.15, 0.2) is 0 Å². The summed E-state index contributed by atoms with van der Waals surface area (Å²) in [6.07, 6.45) is -2.15. The molecule has 0 saturated carbocycles. The molecule has 0 aliphatic heterocycles. The van der Waals surface area contributed by atoms with E-state index in [1.165, 1.54) is 42.2 Å². The Morgan fingerprint density at radius 3 is 1.51 bits per heavy atom. The number of aliphatic carboxylic acids is 2. The number of carbonyl (C=O) groups is 13. The minimum absolute atomic E-state index is 0.0162. The van der Waals surface area contributed by atoms with Crippen LogP contribution in [-0.2, 0) is 75.2 Å². The fourth-order valence-electron chi connectivity index (χ4n) is 8.33. The fourth-order valence-corrected chi connectivity index (χ4v) is 11.0. The number of hydrogen-bond donors (Lipinski definition) is 18. The molecule has 0 fully saturated rings. The Labute approximate surface area is 517 Å². The third kappa shape index (κ3) is 25.6. The molecule has 0 bridgehead atoms. The number of nitrogens with two attached hydrogens (primary N) is 5. The molecule has 23 N–H and O–H groups in total. The highest BCUT2D eigenvalue weighted by Gasteiger charge is 2.37. The average molecular weight is 1290 g/mol. The standard InChI is InChI=1S/C54H78N14O17S3/c1-25(2)17-40(54(84)85)67-50(79)39(21-43(59)73)64-47(76)35(15-16-86-4)62-46(75)34(13-14-41(57)71)61-49(78)38(20-42(58)72)65-48(77)37(19-28-22-60-33-8-6-5-7-30(28)33)66-52(81)44(26(3)69)68-51(80)36(18-27-9-11-29(70)12-10-27)63-45(74)31(55)23-87-88-24-32(56)53(82)83/h5-12,22,25-26,31-32,34-40,44,60,69-70H,13-21,23-24,55-56H2,1-4H3,(H2,57,71)(H2,58,72)(H2,59,73)(H,61,78)(H,62,75)(H,63,74)(H,64,76)(H,65,77)(H,66,81)(H,67,79)(H,68,80)(H,82,83)(H,84,85)/t26-,31?,32?,34+,35?,36+,37+,38?,39+,40?,44+/m1/s1. The van der Waals surface area contributed by atoms with Crippen molar-refractivity contribution in [3.05, 3.63) is 65.9 Å². The van der Waals surface area contributed by atoms with Gasteiger partial charge in [-0.05, 0) is 73.4 Å². The van der Waals surface area contributed by atoms with Crippen LogP contribution in [0.2, 0.25) is 0 Å². The number of H-pyrrole nitrogens is 1. The number of nitrogens with one attached hydrogen (secondary N) is 9. The Balaban J connectivity index is 1.98. The van der Waals surface area contributed by atoms with E-state index in [1.54, 1.807) is 44.4 Å².